The van der Waals surface area contributed by atoms with Crippen molar-refractivity contribution in [3.63, 3.8) is 0 Å². The average molecular weight is 421 g/mol. The number of unbranched alkanes of at least 4 members (excludes halogenated alkanes) is 1. The van der Waals surface area contributed by atoms with E-state index in [2.05, 4.69) is 27.5 Å². The van der Waals surface area contributed by atoms with Gasteiger partial charge in [0, 0.05) is 44.3 Å². The molecule has 1 aromatic carbocycles. The number of carbonyl (C=O) groups is 2. The lowest BCUT2D eigenvalue weighted by Crippen LogP contribution is -2.44. The zero-order chi connectivity index (χ0) is 21.9. The normalized spacial score (nSPS) is 15.1. The Balaban J connectivity index is 1.73. The highest BCUT2D eigenvalue weighted by Crippen LogP contribution is 2.28. The molecule has 0 aromatic heterocycles. The van der Waals surface area contributed by atoms with Crippen LogP contribution in [0.25, 0.3) is 0 Å². The number of nitrogens with one attached hydrogen (secondary N) is 2. The molecule has 30 heavy (non-hydrogen) atoms. The number of hydrogen-bond donors (Lipinski definition) is 2. The van der Waals surface area contributed by atoms with Crippen LogP contribution < -0.4 is 20.1 Å². The molecule has 0 saturated carbocycles. The van der Waals surface area contributed by atoms with Gasteiger partial charge in [-0.2, -0.15) is 0 Å². The minimum atomic E-state index is -0.203. The van der Waals surface area contributed by atoms with E-state index >= 15 is 0 Å². The van der Waals surface area contributed by atoms with Crippen LogP contribution in [0, 0.1) is 0 Å². The molecule has 2 amide bonds. The Labute approximate surface area is 179 Å². The topological polar surface area (TPSA) is 83.1 Å². The SMILES string of the molecule is COc1cc(C(=O)NCCCCN2CCN(C)CC2)ccc1OCC(=O)NC(C)C. The van der Waals surface area contributed by atoms with Crippen LogP contribution in [-0.4, -0.2) is 87.7 Å². The highest BCUT2D eigenvalue weighted by Gasteiger charge is 2.14. The number of hydrogen-bond acceptors (Lipinski definition) is 6. The number of likely N-dealkylation sites (N-methyl/N-ethyl adjacent to an activating group) is 1. The molecule has 8 nitrogen and oxygen atoms in total. The van der Waals surface area contributed by atoms with Crippen molar-refractivity contribution >= 4 is 11.8 Å². The van der Waals surface area contributed by atoms with Crippen LogP contribution in [0.1, 0.15) is 37.0 Å². The quantitative estimate of drug-likeness (QED) is 0.526. The summed E-state index contributed by atoms with van der Waals surface area (Å²) in [5.74, 6) is 0.512. The summed E-state index contributed by atoms with van der Waals surface area (Å²) in [6, 6.07) is 5.02. The molecule has 1 aromatic rings. The van der Waals surface area contributed by atoms with Gasteiger partial charge in [-0.05, 0) is 58.5 Å². The van der Waals surface area contributed by atoms with Crippen molar-refractivity contribution in [2.75, 3.05) is 60.0 Å². The lowest BCUT2D eigenvalue weighted by Gasteiger charge is -2.32. The van der Waals surface area contributed by atoms with Gasteiger partial charge in [0.05, 0.1) is 7.11 Å². The number of ether oxygens (including phenoxy) is 2. The Kier molecular flexibility index (Phi) is 9.89. The van der Waals surface area contributed by atoms with Crippen LogP contribution in [0.5, 0.6) is 11.5 Å². The van der Waals surface area contributed by atoms with Crippen molar-refractivity contribution < 1.29 is 19.1 Å². The van der Waals surface area contributed by atoms with Gasteiger partial charge in [-0.3, -0.25) is 9.59 Å². The molecule has 1 saturated heterocycles. The van der Waals surface area contributed by atoms with Gasteiger partial charge in [-0.1, -0.05) is 0 Å². The van der Waals surface area contributed by atoms with Crippen molar-refractivity contribution in [3.05, 3.63) is 23.8 Å². The van der Waals surface area contributed by atoms with E-state index in [1.165, 1.54) is 7.11 Å². The fourth-order valence-electron chi connectivity index (χ4n) is 3.27. The van der Waals surface area contributed by atoms with Crippen molar-refractivity contribution in [1.82, 2.24) is 20.4 Å². The summed E-state index contributed by atoms with van der Waals surface area (Å²) in [6.07, 6.45) is 2.01. The molecule has 0 atom stereocenters. The van der Waals surface area contributed by atoms with E-state index in [1.807, 2.05) is 13.8 Å². The molecule has 0 spiro atoms. The lowest BCUT2D eigenvalue weighted by molar-refractivity contribution is -0.123. The van der Waals surface area contributed by atoms with Crippen molar-refractivity contribution in [2.24, 2.45) is 0 Å². The van der Waals surface area contributed by atoms with Gasteiger partial charge in [0.2, 0.25) is 0 Å². The minimum Gasteiger partial charge on any atom is -0.493 e. The predicted octanol–water partition coefficient (Wildman–Crippen LogP) is 1.36. The summed E-state index contributed by atoms with van der Waals surface area (Å²) >= 11 is 0. The van der Waals surface area contributed by atoms with E-state index in [4.69, 9.17) is 9.47 Å². The third kappa shape index (κ3) is 8.20. The third-order valence-electron chi connectivity index (χ3n) is 5.02. The van der Waals surface area contributed by atoms with Crippen LogP contribution >= 0.6 is 0 Å². The smallest absolute Gasteiger partial charge is 0.258 e. The number of nitrogens with zero attached hydrogens (tertiary/aromatic N) is 2. The molecule has 1 fully saturated rings. The Morgan fingerprint density at radius 3 is 2.50 bits per heavy atom. The highest BCUT2D eigenvalue weighted by molar-refractivity contribution is 5.94. The molecule has 2 rings (SSSR count). The Morgan fingerprint density at radius 2 is 1.83 bits per heavy atom. The molecule has 1 heterocycles. The second-order valence-electron chi connectivity index (χ2n) is 7.98. The minimum absolute atomic E-state index is 0.0515. The molecular formula is C22H36N4O4. The number of methoxy groups -OCH3 is 1. The summed E-state index contributed by atoms with van der Waals surface area (Å²) in [4.78, 5) is 29.0. The first-order chi connectivity index (χ1) is 14.4. The number of piperazine rings is 1. The monoisotopic (exact) mass is 420 g/mol. The Morgan fingerprint density at radius 1 is 1.10 bits per heavy atom. The average Bonchev–Trinajstić information content (AvgIpc) is 2.72. The van der Waals surface area contributed by atoms with Gasteiger partial charge in [-0.25, -0.2) is 0 Å². The molecular weight excluding hydrogens is 384 g/mol. The largest absolute Gasteiger partial charge is 0.493 e. The van der Waals surface area contributed by atoms with E-state index in [0.29, 0.717) is 23.6 Å². The zero-order valence-corrected chi connectivity index (χ0v) is 18.7. The summed E-state index contributed by atoms with van der Waals surface area (Å²) in [6.45, 7) is 9.88. The third-order valence-corrected chi connectivity index (χ3v) is 5.02. The van der Waals surface area contributed by atoms with Crippen molar-refractivity contribution in [2.45, 2.75) is 32.7 Å². The second-order valence-corrected chi connectivity index (χ2v) is 7.98. The Bertz CT molecular complexity index is 688. The fourth-order valence-corrected chi connectivity index (χ4v) is 3.27. The van der Waals surface area contributed by atoms with Crippen LogP contribution in [0.3, 0.4) is 0 Å². The standard InChI is InChI=1S/C22H36N4O4/c1-17(2)24-21(27)16-30-19-8-7-18(15-20(19)29-4)22(28)23-9-5-6-10-26-13-11-25(3)12-14-26/h7-8,15,17H,5-6,9-14,16H2,1-4H3,(H,23,28)(H,24,27). The summed E-state index contributed by atoms with van der Waals surface area (Å²) in [5.41, 5.74) is 0.505. The van der Waals surface area contributed by atoms with E-state index in [9.17, 15) is 9.59 Å². The number of benzene rings is 1. The van der Waals surface area contributed by atoms with Gasteiger partial charge in [0.1, 0.15) is 0 Å². The second kappa shape index (κ2) is 12.4. The van der Waals surface area contributed by atoms with E-state index in [-0.39, 0.29) is 24.5 Å². The Hall–Kier alpha value is -2.32. The first-order valence-corrected chi connectivity index (χ1v) is 10.7. The van der Waals surface area contributed by atoms with Gasteiger partial charge >= 0.3 is 0 Å². The summed E-state index contributed by atoms with van der Waals surface area (Å²) in [5, 5.41) is 5.72. The molecule has 0 unspecified atom stereocenters. The van der Waals surface area contributed by atoms with Gasteiger partial charge < -0.3 is 29.9 Å². The van der Waals surface area contributed by atoms with Crippen LogP contribution in [-0.2, 0) is 4.79 Å². The van der Waals surface area contributed by atoms with Crippen LogP contribution in [0.2, 0.25) is 0 Å². The molecule has 8 heteroatoms. The summed E-state index contributed by atoms with van der Waals surface area (Å²) < 4.78 is 10.8. The van der Waals surface area contributed by atoms with Crippen molar-refractivity contribution in [3.8, 4) is 11.5 Å². The van der Waals surface area contributed by atoms with E-state index < -0.39 is 0 Å². The van der Waals surface area contributed by atoms with Gasteiger partial charge in [0.25, 0.3) is 11.8 Å². The first kappa shape index (κ1) is 24.0. The van der Waals surface area contributed by atoms with E-state index in [1.54, 1.807) is 18.2 Å². The molecule has 0 bridgehead atoms. The highest BCUT2D eigenvalue weighted by atomic mass is 16.5. The van der Waals surface area contributed by atoms with Crippen LogP contribution in [0.15, 0.2) is 18.2 Å². The summed E-state index contributed by atoms with van der Waals surface area (Å²) in [7, 11) is 3.67. The maximum atomic E-state index is 12.4. The lowest BCUT2D eigenvalue weighted by atomic mass is 10.2. The molecule has 168 valence electrons. The molecule has 0 aliphatic carbocycles. The molecule has 1 aliphatic heterocycles. The molecule has 1 aliphatic rings. The van der Waals surface area contributed by atoms with Gasteiger partial charge in [-0.15, -0.1) is 0 Å². The first-order valence-electron chi connectivity index (χ1n) is 10.7. The maximum Gasteiger partial charge on any atom is 0.258 e. The predicted molar refractivity (Wildman–Crippen MR) is 117 cm³/mol. The van der Waals surface area contributed by atoms with Crippen molar-refractivity contribution in [1.29, 1.82) is 0 Å². The number of amides is 2. The van der Waals surface area contributed by atoms with Gasteiger partial charge in [0.15, 0.2) is 18.1 Å². The fraction of sp³-hybridized carbons (Fsp3) is 0.636. The number of carbonyl (C=O) groups excluding carboxylic acids is 2. The van der Waals surface area contributed by atoms with E-state index in [0.717, 1.165) is 45.6 Å². The van der Waals surface area contributed by atoms with Crippen LogP contribution in [0.4, 0.5) is 0 Å². The number of rotatable bonds is 11. The maximum absolute atomic E-state index is 12.4. The molecule has 0 radical (unpaired) electrons. The zero-order valence-electron chi connectivity index (χ0n) is 18.7. The molecule has 2 N–H and O–H groups in total.